The molecule has 1 heterocycles. The first-order valence-corrected chi connectivity index (χ1v) is 3.80. The van der Waals surface area contributed by atoms with Crippen LogP contribution >= 0.6 is 15.9 Å². The van der Waals surface area contributed by atoms with Crippen LogP contribution in [0.1, 0.15) is 10.4 Å². The van der Waals surface area contributed by atoms with Gasteiger partial charge in [0.1, 0.15) is 4.60 Å². The van der Waals surface area contributed by atoms with Crippen LogP contribution in [-0.4, -0.2) is 15.6 Å². The predicted molar refractivity (Wildman–Crippen MR) is 45.4 cm³/mol. The van der Waals surface area contributed by atoms with E-state index in [0.29, 0.717) is 10.2 Å². The Hall–Kier alpha value is -0.900. The lowest BCUT2D eigenvalue weighted by Gasteiger charge is -1.91. The summed E-state index contributed by atoms with van der Waals surface area (Å²) in [5.41, 5.74) is 0.544. The maximum absolute atomic E-state index is 11.0. The minimum Gasteiger partial charge on any atom is -0.289 e. The van der Waals surface area contributed by atoms with Gasteiger partial charge in [-0.25, -0.2) is 0 Å². The molecule has 0 amide bonds. The van der Waals surface area contributed by atoms with E-state index < -0.39 is 0 Å². The van der Waals surface area contributed by atoms with E-state index in [1.165, 1.54) is 12.3 Å². The number of aromatic nitrogens is 2. The summed E-state index contributed by atoms with van der Waals surface area (Å²) in [7, 11) is 1.75. The van der Waals surface area contributed by atoms with Gasteiger partial charge in [-0.05, 0) is 22.0 Å². The normalized spacial score (nSPS) is 9.64. The summed E-state index contributed by atoms with van der Waals surface area (Å²) in [6.45, 7) is 3.38. The van der Waals surface area contributed by atoms with Gasteiger partial charge in [0.15, 0.2) is 5.78 Å². The molecular formula is C7H7BrN2O. The highest BCUT2D eigenvalue weighted by Gasteiger charge is 2.09. The average Bonchev–Trinajstić information content (AvgIpc) is 2.32. The molecule has 1 aromatic heterocycles. The molecule has 0 bridgehead atoms. The molecule has 0 aliphatic rings. The Morgan fingerprint density at radius 2 is 2.55 bits per heavy atom. The predicted octanol–water partition coefficient (Wildman–Crippen LogP) is 1.55. The topological polar surface area (TPSA) is 34.9 Å². The number of aryl methyl sites for hydroxylation is 1. The standard InChI is InChI=1S/C7H7BrN2O/c1-3-6(11)5-4-9-10(2)7(5)8/h3-4H,1H2,2H3. The van der Waals surface area contributed by atoms with Crippen molar-refractivity contribution in [3.05, 3.63) is 29.0 Å². The molecule has 58 valence electrons. The molecule has 3 nitrogen and oxygen atoms in total. The van der Waals surface area contributed by atoms with Crippen molar-refractivity contribution >= 4 is 21.7 Å². The Bertz CT molecular complexity index is 303. The quantitative estimate of drug-likeness (QED) is 0.554. The fraction of sp³-hybridized carbons (Fsp3) is 0.143. The highest BCUT2D eigenvalue weighted by molar-refractivity contribution is 9.10. The first-order valence-electron chi connectivity index (χ1n) is 3.01. The van der Waals surface area contributed by atoms with Crippen LogP contribution in [-0.2, 0) is 7.05 Å². The van der Waals surface area contributed by atoms with E-state index in [-0.39, 0.29) is 5.78 Å². The zero-order chi connectivity index (χ0) is 8.43. The summed E-state index contributed by atoms with van der Waals surface area (Å²) in [4.78, 5) is 11.0. The lowest BCUT2D eigenvalue weighted by molar-refractivity contribution is 0.104. The Morgan fingerprint density at radius 1 is 1.91 bits per heavy atom. The Kier molecular flexibility index (Phi) is 2.24. The van der Waals surface area contributed by atoms with Crippen molar-refractivity contribution in [2.45, 2.75) is 0 Å². The molecule has 4 heteroatoms. The number of hydrogen-bond acceptors (Lipinski definition) is 2. The summed E-state index contributed by atoms with van der Waals surface area (Å²) < 4.78 is 2.26. The van der Waals surface area contributed by atoms with Gasteiger partial charge in [0, 0.05) is 7.05 Å². The van der Waals surface area contributed by atoms with E-state index in [4.69, 9.17) is 0 Å². The first-order chi connectivity index (χ1) is 5.16. The largest absolute Gasteiger partial charge is 0.289 e. The molecule has 0 radical (unpaired) electrons. The summed E-state index contributed by atoms with van der Waals surface area (Å²) >= 11 is 3.22. The molecule has 1 aromatic rings. The van der Waals surface area contributed by atoms with Crippen molar-refractivity contribution in [1.29, 1.82) is 0 Å². The van der Waals surface area contributed by atoms with Crippen LogP contribution < -0.4 is 0 Å². The van der Waals surface area contributed by atoms with Crippen molar-refractivity contribution in [2.24, 2.45) is 7.05 Å². The number of carbonyl (C=O) groups excluding carboxylic acids is 1. The highest BCUT2D eigenvalue weighted by atomic mass is 79.9. The Balaban J connectivity index is 3.14. The van der Waals surface area contributed by atoms with E-state index in [1.54, 1.807) is 11.7 Å². The smallest absolute Gasteiger partial charge is 0.189 e. The van der Waals surface area contributed by atoms with Crippen LogP contribution in [0.4, 0.5) is 0 Å². The Labute approximate surface area is 72.8 Å². The van der Waals surface area contributed by atoms with E-state index in [1.807, 2.05) is 0 Å². The van der Waals surface area contributed by atoms with Crippen molar-refractivity contribution in [2.75, 3.05) is 0 Å². The van der Waals surface area contributed by atoms with Gasteiger partial charge < -0.3 is 0 Å². The third-order valence-corrected chi connectivity index (χ3v) is 2.26. The second-order valence-corrected chi connectivity index (χ2v) is 2.79. The fourth-order valence-corrected chi connectivity index (χ4v) is 1.09. The molecule has 0 N–H and O–H groups in total. The molecule has 0 aliphatic carbocycles. The lowest BCUT2D eigenvalue weighted by atomic mass is 10.2. The maximum atomic E-state index is 11.0. The van der Waals surface area contributed by atoms with Crippen LogP contribution in [0.5, 0.6) is 0 Å². The zero-order valence-electron chi connectivity index (χ0n) is 6.04. The third kappa shape index (κ3) is 1.40. The summed E-state index contributed by atoms with van der Waals surface area (Å²) in [5.74, 6) is -0.120. The first kappa shape index (κ1) is 8.20. The van der Waals surface area contributed by atoms with Gasteiger partial charge in [-0.15, -0.1) is 0 Å². The number of ketones is 1. The SMILES string of the molecule is C=CC(=O)c1cnn(C)c1Br. The number of allylic oxidation sites excluding steroid dienone is 1. The van der Waals surface area contributed by atoms with Crippen LogP contribution in [0.2, 0.25) is 0 Å². The molecule has 11 heavy (non-hydrogen) atoms. The van der Waals surface area contributed by atoms with Gasteiger partial charge in [0.05, 0.1) is 11.8 Å². The fourth-order valence-electron chi connectivity index (χ4n) is 0.698. The molecule has 0 aromatic carbocycles. The summed E-state index contributed by atoms with van der Waals surface area (Å²) in [5, 5.41) is 3.89. The number of nitrogens with zero attached hydrogens (tertiary/aromatic N) is 2. The van der Waals surface area contributed by atoms with Gasteiger partial charge in [0.2, 0.25) is 0 Å². The van der Waals surface area contributed by atoms with Gasteiger partial charge in [-0.1, -0.05) is 6.58 Å². The molecule has 0 saturated carbocycles. The molecular weight excluding hydrogens is 208 g/mol. The monoisotopic (exact) mass is 214 g/mol. The van der Waals surface area contributed by atoms with E-state index in [0.717, 1.165) is 0 Å². The van der Waals surface area contributed by atoms with Crippen molar-refractivity contribution < 1.29 is 4.79 Å². The van der Waals surface area contributed by atoms with E-state index in [9.17, 15) is 4.79 Å². The van der Waals surface area contributed by atoms with Crippen LogP contribution in [0, 0.1) is 0 Å². The molecule has 0 aliphatic heterocycles. The van der Waals surface area contributed by atoms with Gasteiger partial charge in [-0.3, -0.25) is 9.48 Å². The van der Waals surface area contributed by atoms with Crippen LogP contribution in [0.25, 0.3) is 0 Å². The van der Waals surface area contributed by atoms with Crippen LogP contribution in [0.15, 0.2) is 23.5 Å². The van der Waals surface area contributed by atoms with Crippen molar-refractivity contribution in [3.8, 4) is 0 Å². The molecule has 0 unspecified atom stereocenters. The minimum atomic E-state index is -0.120. The highest BCUT2D eigenvalue weighted by Crippen LogP contribution is 2.15. The second-order valence-electron chi connectivity index (χ2n) is 2.04. The summed E-state index contributed by atoms with van der Waals surface area (Å²) in [6.07, 6.45) is 2.77. The number of carbonyl (C=O) groups is 1. The van der Waals surface area contributed by atoms with Crippen LogP contribution in [0.3, 0.4) is 0 Å². The second kappa shape index (κ2) is 3.00. The maximum Gasteiger partial charge on any atom is 0.189 e. The van der Waals surface area contributed by atoms with Crippen molar-refractivity contribution in [3.63, 3.8) is 0 Å². The average molecular weight is 215 g/mol. The zero-order valence-corrected chi connectivity index (χ0v) is 7.63. The third-order valence-electron chi connectivity index (χ3n) is 1.32. The molecule has 0 saturated heterocycles. The Morgan fingerprint density at radius 3 is 2.91 bits per heavy atom. The molecule has 0 fully saturated rings. The van der Waals surface area contributed by atoms with E-state index >= 15 is 0 Å². The lowest BCUT2D eigenvalue weighted by Crippen LogP contribution is -1.94. The van der Waals surface area contributed by atoms with Gasteiger partial charge >= 0.3 is 0 Å². The van der Waals surface area contributed by atoms with Gasteiger partial charge in [0.25, 0.3) is 0 Å². The molecule has 1 rings (SSSR count). The summed E-state index contributed by atoms with van der Waals surface area (Å²) in [6, 6.07) is 0. The molecule has 0 atom stereocenters. The molecule has 0 spiro atoms. The van der Waals surface area contributed by atoms with E-state index in [2.05, 4.69) is 27.6 Å². The number of halogens is 1. The minimum absolute atomic E-state index is 0.120. The van der Waals surface area contributed by atoms with Gasteiger partial charge in [-0.2, -0.15) is 5.10 Å². The van der Waals surface area contributed by atoms with Crippen molar-refractivity contribution in [1.82, 2.24) is 9.78 Å². The number of rotatable bonds is 2. The number of hydrogen-bond donors (Lipinski definition) is 0.